The van der Waals surface area contributed by atoms with Gasteiger partial charge in [-0.15, -0.1) is 0 Å². The van der Waals surface area contributed by atoms with E-state index in [0.29, 0.717) is 5.92 Å². The quantitative estimate of drug-likeness (QED) is 0.447. The van der Waals surface area contributed by atoms with Crippen LogP contribution in [0, 0.1) is 5.92 Å². The molecule has 0 N–H and O–H groups in total. The summed E-state index contributed by atoms with van der Waals surface area (Å²) in [6.45, 7) is 3.04. The second-order valence-electron chi connectivity index (χ2n) is 2.58. The molecule has 0 aromatic rings. The van der Waals surface area contributed by atoms with Crippen molar-refractivity contribution in [2.75, 3.05) is 13.6 Å². The fourth-order valence-electron chi connectivity index (χ4n) is 1.09. The average Bonchev–Trinajstić information content (AvgIpc) is 1.85. The molecule has 1 atom stereocenters. The van der Waals surface area contributed by atoms with E-state index in [2.05, 4.69) is 6.92 Å². The van der Waals surface area contributed by atoms with E-state index >= 15 is 0 Å². The van der Waals surface area contributed by atoms with Gasteiger partial charge in [0.1, 0.15) is 0 Å². The Labute approximate surface area is 49.5 Å². The van der Waals surface area contributed by atoms with Gasteiger partial charge in [-0.1, -0.05) is 6.92 Å². The van der Waals surface area contributed by atoms with Gasteiger partial charge in [0.2, 0.25) is 5.91 Å². The van der Waals surface area contributed by atoms with Crippen LogP contribution in [0.25, 0.3) is 0 Å². The molecule has 0 saturated carbocycles. The Balaban J connectivity index is 2.51. The topological polar surface area (TPSA) is 20.3 Å². The van der Waals surface area contributed by atoms with Gasteiger partial charge in [0.05, 0.1) is 0 Å². The summed E-state index contributed by atoms with van der Waals surface area (Å²) in [6, 6.07) is 0. The fraction of sp³-hybridized carbons (Fsp3) is 0.833. The molecule has 0 radical (unpaired) electrons. The summed E-state index contributed by atoms with van der Waals surface area (Å²) in [7, 11) is 1.85. The number of amides is 1. The third-order valence-electron chi connectivity index (χ3n) is 1.53. The predicted octanol–water partition coefficient (Wildman–Crippen LogP) is 0.485. The zero-order valence-corrected chi connectivity index (χ0v) is 5.35. The zero-order valence-electron chi connectivity index (χ0n) is 5.35. The van der Waals surface area contributed by atoms with E-state index in [9.17, 15) is 4.79 Å². The molecule has 1 amide bonds. The second kappa shape index (κ2) is 1.77. The Bertz CT molecular complexity index is 111. The Kier molecular flexibility index (Phi) is 1.24. The van der Waals surface area contributed by atoms with Crippen LogP contribution in [0.3, 0.4) is 0 Å². The standard InChI is InChI=1S/C6H11NO/c1-5-3-6(8)7(2)4-5/h5H,3-4H2,1-2H3. The molecule has 46 valence electrons. The molecule has 1 aliphatic heterocycles. The van der Waals surface area contributed by atoms with Crippen molar-refractivity contribution in [3.63, 3.8) is 0 Å². The molecular weight excluding hydrogens is 102 g/mol. The van der Waals surface area contributed by atoms with Gasteiger partial charge in [-0.2, -0.15) is 0 Å². The van der Waals surface area contributed by atoms with Crippen LogP contribution in [-0.4, -0.2) is 24.4 Å². The van der Waals surface area contributed by atoms with Crippen LogP contribution in [-0.2, 0) is 4.79 Å². The third-order valence-corrected chi connectivity index (χ3v) is 1.53. The first-order chi connectivity index (χ1) is 3.70. The molecule has 8 heavy (non-hydrogen) atoms. The van der Waals surface area contributed by atoms with Crippen LogP contribution in [0.15, 0.2) is 0 Å². The summed E-state index contributed by atoms with van der Waals surface area (Å²) in [6.07, 6.45) is 0.747. The maximum Gasteiger partial charge on any atom is 0.222 e. The number of nitrogens with zero attached hydrogens (tertiary/aromatic N) is 1. The predicted molar refractivity (Wildman–Crippen MR) is 31.4 cm³/mol. The van der Waals surface area contributed by atoms with E-state index in [4.69, 9.17) is 0 Å². The van der Waals surface area contributed by atoms with Gasteiger partial charge in [-0.05, 0) is 5.92 Å². The monoisotopic (exact) mass is 113 g/mol. The highest BCUT2D eigenvalue weighted by atomic mass is 16.2. The number of hydrogen-bond acceptors (Lipinski definition) is 1. The summed E-state index contributed by atoms with van der Waals surface area (Å²) in [5.41, 5.74) is 0. The molecule has 0 aliphatic carbocycles. The van der Waals surface area contributed by atoms with Crippen molar-refractivity contribution in [3.05, 3.63) is 0 Å². The highest BCUT2D eigenvalue weighted by Crippen LogP contribution is 2.13. The molecular formula is C6H11NO. The van der Waals surface area contributed by atoms with Crippen LogP contribution >= 0.6 is 0 Å². The highest BCUT2D eigenvalue weighted by molar-refractivity contribution is 5.78. The first-order valence-corrected chi connectivity index (χ1v) is 2.94. The summed E-state index contributed by atoms with van der Waals surface area (Å²) in [4.78, 5) is 12.5. The number of carbonyl (C=O) groups is 1. The summed E-state index contributed by atoms with van der Waals surface area (Å²) in [5.74, 6) is 0.866. The lowest BCUT2D eigenvalue weighted by Gasteiger charge is -2.04. The molecule has 1 aliphatic rings. The van der Waals surface area contributed by atoms with Crippen LogP contribution in [0.1, 0.15) is 13.3 Å². The lowest BCUT2D eigenvalue weighted by Crippen LogP contribution is -2.18. The van der Waals surface area contributed by atoms with Crippen LogP contribution < -0.4 is 0 Å². The number of likely N-dealkylation sites (tertiary alicyclic amines) is 1. The van der Waals surface area contributed by atoms with Gasteiger partial charge in [-0.3, -0.25) is 4.79 Å². The Morgan fingerprint density at radius 3 is 2.50 bits per heavy atom. The van der Waals surface area contributed by atoms with E-state index in [1.165, 1.54) is 0 Å². The minimum Gasteiger partial charge on any atom is -0.345 e. The molecule has 0 aromatic heterocycles. The lowest BCUT2D eigenvalue weighted by molar-refractivity contribution is -0.126. The number of rotatable bonds is 0. The van der Waals surface area contributed by atoms with Crippen molar-refractivity contribution < 1.29 is 4.79 Å². The average molecular weight is 113 g/mol. The number of carbonyl (C=O) groups excluding carboxylic acids is 1. The second-order valence-corrected chi connectivity index (χ2v) is 2.58. The SMILES string of the molecule is CC1CC(=O)N(C)C1. The molecule has 0 bridgehead atoms. The van der Waals surface area contributed by atoms with E-state index in [-0.39, 0.29) is 5.91 Å². The van der Waals surface area contributed by atoms with Gasteiger partial charge in [-0.25, -0.2) is 0 Å². The lowest BCUT2D eigenvalue weighted by atomic mass is 10.2. The van der Waals surface area contributed by atoms with Gasteiger partial charge in [0, 0.05) is 20.0 Å². The zero-order chi connectivity index (χ0) is 6.15. The molecule has 0 spiro atoms. The molecule has 1 heterocycles. The van der Waals surface area contributed by atoms with E-state index < -0.39 is 0 Å². The molecule has 1 rings (SSSR count). The van der Waals surface area contributed by atoms with Gasteiger partial charge < -0.3 is 4.90 Å². The third kappa shape index (κ3) is 0.831. The highest BCUT2D eigenvalue weighted by Gasteiger charge is 2.22. The first kappa shape index (κ1) is 5.60. The van der Waals surface area contributed by atoms with Crippen LogP contribution in [0.2, 0.25) is 0 Å². The first-order valence-electron chi connectivity index (χ1n) is 2.94. The maximum absolute atomic E-state index is 10.7. The van der Waals surface area contributed by atoms with E-state index in [1.54, 1.807) is 4.90 Å². The van der Waals surface area contributed by atoms with E-state index in [1.807, 2.05) is 7.05 Å². The Hall–Kier alpha value is -0.530. The van der Waals surface area contributed by atoms with Crippen molar-refractivity contribution >= 4 is 5.91 Å². The maximum atomic E-state index is 10.7. The molecule has 2 heteroatoms. The van der Waals surface area contributed by atoms with Crippen molar-refractivity contribution in [3.8, 4) is 0 Å². The van der Waals surface area contributed by atoms with Crippen molar-refractivity contribution in [1.29, 1.82) is 0 Å². The van der Waals surface area contributed by atoms with E-state index in [0.717, 1.165) is 13.0 Å². The van der Waals surface area contributed by atoms with Crippen molar-refractivity contribution in [2.45, 2.75) is 13.3 Å². The number of hydrogen-bond donors (Lipinski definition) is 0. The summed E-state index contributed by atoms with van der Waals surface area (Å²) in [5, 5.41) is 0. The van der Waals surface area contributed by atoms with Gasteiger partial charge in [0.25, 0.3) is 0 Å². The minimum absolute atomic E-state index is 0.289. The van der Waals surface area contributed by atoms with Crippen molar-refractivity contribution in [2.24, 2.45) is 5.92 Å². The van der Waals surface area contributed by atoms with Crippen LogP contribution in [0.4, 0.5) is 0 Å². The molecule has 1 unspecified atom stereocenters. The minimum atomic E-state index is 0.289. The molecule has 1 fully saturated rings. The summed E-state index contributed by atoms with van der Waals surface area (Å²) < 4.78 is 0. The fourth-order valence-corrected chi connectivity index (χ4v) is 1.09. The van der Waals surface area contributed by atoms with Crippen LogP contribution in [0.5, 0.6) is 0 Å². The molecule has 0 aromatic carbocycles. The van der Waals surface area contributed by atoms with Gasteiger partial charge in [0.15, 0.2) is 0 Å². The Morgan fingerprint density at radius 1 is 1.75 bits per heavy atom. The normalized spacial score (nSPS) is 29.5. The molecule has 1 saturated heterocycles. The Morgan fingerprint density at radius 2 is 2.38 bits per heavy atom. The largest absolute Gasteiger partial charge is 0.345 e. The molecule has 2 nitrogen and oxygen atoms in total. The van der Waals surface area contributed by atoms with Crippen molar-refractivity contribution in [1.82, 2.24) is 4.90 Å². The smallest absolute Gasteiger partial charge is 0.222 e. The van der Waals surface area contributed by atoms with Gasteiger partial charge >= 0.3 is 0 Å². The summed E-state index contributed by atoms with van der Waals surface area (Å²) >= 11 is 0.